The van der Waals surface area contributed by atoms with Crippen molar-refractivity contribution in [2.75, 3.05) is 13.3 Å². The first-order valence-electron chi connectivity index (χ1n) is 4.23. The van der Waals surface area contributed by atoms with Crippen molar-refractivity contribution < 1.29 is 13.6 Å². The van der Waals surface area contributed by atoms with Crippen LogP contribution in [0.25, 0.3) is 0 Å². The Bertz CT molecular complexity index is 152. The van der Waals surface area contributed by atoms with Crippen LogP contribution in [-0.4, -0.2) is 19.4 Å². The third-order valence-electron chi connectivity index (χ3n) is 1.24. The molecule has 0 rings (SSSR count). The number of rotatable bonds is 5. The first-order valence-corrected chi connectivity index (χ1v) is 5.95. The fourth-order valence-corrected chi connectivity index (χ4v) is 2.79. The minimum Gasteiger partial charge on any atom is -0.312 e. The van der Waals surface area contributed by atoms with Gasteiger partial charge in [0.1, 0.15) is 0 Å². The molecule has 3 nitrogen and oxygen atoms in total. The predicted molar refractivity (Wildman–Crippen MR) is 50.5 cm³/mol. The van der Waals surface area contributed by atoms with Gasteiger partial charge in [-0.1, -0.05) is 13.8 Å². The summed E-state index contributed by atoms with van der Waals surface area (Å²) in [6, 6.07) is 0. The van der Waals surface area contributed by atoms with Gasteiger partial charge in [0.2, 0.25) is 0 Å². The van der Waals surface area contributed by atoms with Crippen molar-refractivity contribution in [3.63, 3.8) is 0 Å². The Balaban J connectivity index is 4.15. The summed E-state index contributed by atoms with van der Waals surface area (Å²) in [4.78, 5) is 0. The van der Waals surface area contributed by atoms with E-state index in [-0.39, 0.29) is 6.10 Å². The lowest BCUT2D eigenvalue weighted by Crippen LogP contribution is -2.07. The molecule has 0 aromatic rings. The van der Waals surface area contributed by atoms with Crippen LogP contribution in [0.4, 0.5) is 0 Å². The van der Waals surface area contributed by atoms with Crippen LogP contribution >= 0.6 is 7.60 Å². The van der Waals surface area contributed by atoms with Crippen LogP contribution in [-0.2, 0) is 13.6 Å². The Morgan fingerprint density at radius 1 is 1.25 bits per heavy atom. The molecule has 0 bridgehead atoms. The molecule has 74 valence electrons. The molecule has 0 heterocycles. The van der Waals surface area contributed by atoms with E-state index in [1.165, 1.54) is 7.11 Å². The molecule has 0 radical (unpaired) electrons. The summed E-state index contributed by atoms with van der Waals surface area (Å²) >= 11 is 0. The molecule has 0 N–H and O–H groups in total. The molecule has 0 saturated carbocycles. The van der Waals surface area contributed by atoms with E-state index in [1.54, 1.807) is 0 Å². The van der Waals surface area contributed by atoms with Gasteiger partial charge in [-0.3, -0.25) is 4.57 Å². The van der Waals surface area contributed by atoms with Crippen LogP contribution in [0.15, 0.2) is 0 Å². The third kappa shape index (κ3) is 4.91. The Morgan fingerprint density at radius 2 is 1.75 bits per heavy atom. The van der Waals surface area contributed by atoms with E-state index in [0.717, 1.165) is 0 Å². The quantitative estimate of drug-likeness (QED) is 0.631. The summed E-state index contributed by atoms with van der Waals surface area (Å²) in [5, 5.41) is 0. The molecular weight excluding hydrogens is 175 g/mol. The summed E-state index contributed by atoms with van der Waals surface area (Å²) < 4.78 is 21.9. The van der Waals surface area contributed by atoms with Gasteiger partial charge in [-0.15, -0.1) is 0 Å². The summed E-state index contributed by atoms with van der Waals surface area (Å²) in [6.07, 6.45) is 0.441. The second-order valence-electron chi connectivity index (χ2n) is 3.52. The van der Waals surface area contributed by atoms with E-state index < -0.39 is 7.60 Å². The fraction of sp³-hybridized carbons (Fsp3) is 1.00. The van der Waals surface area contributed by atoms with Gasteiger partial charge in [0, 0.05) is 7.11 Å². The van der Waals surface area contributed by atoms with E-state index in [0.29, 0.717) is 12.1 Å². The number of hydrogen-bond acceptors (Lipinski definition) is 3. The fourth-order valence-electron chi connectivity index (χ4n) is 0.929. The van der Waals surface area contributed by atoms with Gasteiger partial charge in [-0.25, -0.2) is 0 Å². The van der Waals surface area contributed by atoms with Crippen molar-refractivity contribution in [2.45, 2.75) is 33.8 Å². The van der Waals surface area contributed by atoms with Gasteiger partial charge < -0.3 is 9.05 Å². The van der Waals surface area contributed by atoms with Crippen molar-refractivity contribution in [2.24, 2.45) is 5.92 Å². The van der Waals surface area contributed by atoms with Crippen LogP contribution < -0.4 is 0 Å². The van der Waals surface area contributed by atoms with E-state index in [9.17, 15) is 4.57 Å². The van der Waals surface area contributed by atoms with Crippen molar-refractivity contribution >= 4 is 7.60 Å². The second kappa shape index (κ2) is 5.00. The zero-order chi connectivity index (χ0) is 9.78. The molecule has 4 heteroatoms. The second-order valence-corrected chi connectivity index (χ2v) is 5.69. The minimum absolute atomic E-state index is 0.0467. The monoisotopic (exact) mass is 194 g/mol. The van der Waals surface area contributed by atoms with Gasteiger partial charge in [-0.2, -0.15) is 0 Å². The first-order chi connectivity index (χ1) is 5.39. The van der Waals surface area contributed by atoms with Crippen molar-refractivity contribution in [3.05, 3.63) is 0 Å². The van der Waals surface area contributed by atoms with Crippen LogP contribution in [0.2, 0.25) is 0 Å². The maximum absolute atomic E-state index is 11.8. The molecule has 12 heavy (non-hydrogen) atoms. The lowest BCUT2D eigenvalue weighted by atomic mass is 10.3. The lowest BCUT2D eigenvalue weighted by molar-refractivity contribution is 0.185. The Morgan fingerprint density at radius 3 is 2.00 bits per heavy atom. The topological polar surface area (TPSA) is 35.5 Å². The predicted octanol–water partition coefficient (Wildman–Crippen LogP) is 2.91. The molecule has 0 aliphatic rings. The summed E-state index contributed by atoms with van der Waals surface area (Å²) in [5.41, 5.74) is 0. The number of hydrogen-bond donors (Lipinski definition) is 0. The highest BCUT2D eigenvalue weighted by molar-refractivity contribution is 7.53. The van der Waals surface area contributed by atoms with Crippen LogP contribution in [0, 0.1) is 5.92 Å². The molecule has 1 unspecified atom stereocenters. The Kier molecular flexibility index (Phi) is 5.07. The van der Waals surface area contributed by atoms with E-state index in [4.69, 9.17) is 9.05 Å². The lowest BCUT2D eigenvalue weighted by Gasteiger charge is -2.20. The average Bonchev–Trinajstić information content (AvgIpc) is 1.83. The molecule has 0 fully saturated rings. The van der Waals surface area contributed by atoms with Crippen LogP contribution in [0.5, 0.6) is 0 Å². The Labute approximate surface area is 75.0 Å². The molecule has 1 atom stereocenters. The molecule has 0 spiro atoms. The first kappa shape index (κ1) is 12.2. The van der Waals surface area contributed by atoms with Gasteiger partial charge in [0.05, 0.1) is 12.3 Å². The van der Waals surface area contributed by atoms with E-state index >= 15 is 0 Å². The van der Waals surface area contributed by atoms with Crippen molar-refractivity contribution in [1.82, 2.24) is 0 Å². The zero-order valence-electron chi connectivity index (χ0n) is 8.53. The third-order valence-corrected chi connectivity index (χ3v) is 3.72. The summed E-state index contributed by atoms with van der Waals surface area (Å²) in [6.45, 7) is 7.70. The van der Waals surface area contributed by atoms with Gasteiger partial charge in [0.25, 0.3) is 0 Å². The molecular formula is C8H19O3P. The molecule has 0 saturated heterocycles. The highest BCUT2D eigenvalue weighted by Crippen LogP contribution is 2.49. The van der Waals surface area contributed by atoms with Crippen LogP contribution in [0.1, 0.15) is 27.7 Å². The summed E-state index contributed by atoms with van der Waals surface area (Å²) in [5.74, 6) is 0.328. The largest absolute Gasteiger partial charge is 0.330 e. The summed E-state index contributed by atoms with van der Waals surface area (Å²) in [7, 11) is -1.38. The van der Waals surface area contributed by atoms with Gasteiger partial charge >= 0.3 is 7.60 Å². The molecule has 0 aromatic heterocycles. The highest BCUT2D eigenvalue weighted by Gasteiger charge is 2.25. The molecule has 0 aliphatic carbocycles. The van der Waals surface area contributed by atoms with Crippen LogP contribution in [0.3, 0.4) is 0 Å². The molecule has 0 aliphatic heterocycles. The van der Waals surface area contributed by atoms with Crippen molar-refractivity contribution in [1.29, 1.82) is 0 Å². The zero-order valence-corrected chi connectivity index (χ0v) is 9.43. The van der Waals surface area contributed by atoms with E-state index in [2.05, 4.69) is 0 Å². The Hall–Kier alpha value is 0.150. The van der Waals surface area contributed by atoms with Crippen molar-refractivity contribution in [3.8, 4) is 0 Å². The highest BCUT2D eigenvalue weighted by atomic mass is 31.2. The normalized spacial score (nSPS) is 16.9. The SMILES string of the molecule is COP(=O)(CC(C)C)OC(C)C. The minimum atomic E-state index is -2.81. The smallest absolute Gasteiger partial charge is 0.312 e. The standard InChI is InChI=1S/C8H19O3P/c1-7(2)6-12(9,10-5)11-8(3)4/h7-8H,6H2,1-5H3. The average molecular weight is 194 g/mol. The molecule has 0 amide bonds. The maximum atomic E-state index is 11.8. The maximum Gasteiger partial charge on any atom is 0.330 e. The van der Waals surface area contributed by atoms with Gasteiger partial charge in [-0.05, 0) is 19.8 Å². The van der Waals surface area contributed by atoms with E-state index in [1.807, 2.05) is 27.7 Å². The van der Waals surface area contributed by atoms with Gasteiger partial charge in [0.15, 0.2) is 0 Å². The molecule has 0 aromatic carbocycles.